The van der Waals surface area contributed by atoms with Gasteiger partial charge in [-0.2, -0.15) is 13.2 Å². The SMILES string of the molecule is CCS(=O)(=O)c1ccc(Oc2cc(F)ccc2C(C)C(=O)O)c(C(F)(F)F)c1. The van der Waals surface area contributed by atoms with Crippen LogP contribution >= 0.6 is 0 Å². The standard InChI is InChI=1S/C18H16F4O5S/c1-3-28(25,26)12-5-7-15(14(9-12)18(20,21)22)27-16-8-11(19)4-6-13(16)10(2)17(23)24/h4-10H,3H2,1-2H3,(H,23,24). The highest BCUT2D eigenvalue weighted by Gasteiger charge is 2.36. The topological polar surface area (TPSA) is 80.7 Å². The fourth-order valence-electron chi connectivity index (χ4n) is 2.39. The van der Waals surface area contributed by atoms with Crippen molar-refractivity contribution in [2.24, 2.45) is 0 Å². The van der Waals surface area contributed by atoms with Crippen molar-refractivity contribution in [2.45, 2.75) is 30.8 Å². The summed E-state index contributed by atoms with van der Waals surface area (Å²) in [6.45, 7) is 2.56. The lowest BCUT2D eigenvalue weighted by Gasteiger charge is -2.18. The van der Waals surface area contributed by atoms with Gasteiger partial charge in [0.05, 0.1) is 22.1 Å². The molecule has 1 atom stereocenters. The number of carboxylic acid groups (broad SMARTS) is 1. The smallest absolute Gasteiger partial charge is 0.420 e. The Balaban J connectivity index is 2.61. The van der Waals surface area contributed by atoms with Crippen molar-refractivity contribution in [2.75, 3.05) is 5.75 Å². The van der Waals surface area contributed by atoms with Gasteiger partial charge in [0, 0.05) is 11.6 Å². The monoisotopic (exact) mass is 420 g/mol. The van der Waals surface area contributed by atoms with E-state index < -0.39 is 61.4 Å². The highest BCUT2D eigenvalue weighted by Crippen LogP contribution is 2.41. The summed E-state index contributed by atoms with van der Waals surface area (Å²) in [6, 6.07) is 5.03. The summed E-state index contributed by atoms with van der Waals surface area (Å²) < 4.78 is 82.9. The van der Waals surface area contributed by atoms with Crippen LogP contribution in [-0.4, -0.2) is 25.2 Å². The first-order valence-corrected chi connectivity index (χ1v) is 9.66. The van der Waals surface area contributed by atoms with Gasteiger partial charge in [-0.25, -0.2) is 12.8 Å². The van der Waals surface area contributed by atoms with E-state index in [9.17, 15) is 30.8 Å². The van der Waals surface area contributed by atoms with E-state index in [1.54, 1.807) is 0 Å². The van der Waals surface area contributed by atoms with E-state index in [0.717, 1.165) is 30.3 Å². The van der Waals surface area contributed by atoms with Crippen molar-refractivity contribution >= 4 is 15.8 Å². The van der Waals surface area contributed by atoms with E-state index >= 15 is 0 Å². The molecule has 2 rings (SSSR count). The number of hydrogen-bond acceptors (Lipinski definition) is 4. The Hall–Kier alpha value is -2.62. The first kappa shape index (κ1) is 21.7. The van der Waals surface area contributed by atoms with Crippen LogP contribution in [0.15, 0.2) is 41.3 Å². The van der Waals surface area contributed by atoms with Crippen LogP contribution in [0.25, 0.3) is 0 Å². The van der Waals surface area contributed by atoms with Gasteiger partial charge in [0.15, 0.2) is 9.84 Å². The van der Waals surface area contributed by atoms with E-state index in [4.69, 9.17) is 9.84 Å². The van der Waals surface area contributed by atoms with Crippen molar-refractivity contribution in [1.82, 2.24) is 0 Å². The molecule has 2 aromatic rings. The van der Waals surface area contributed by atoms with E-state index in [0.29, 0.717) is 6.07 Å². The Labute approximate surface area is 158 Å². The van der Waals surface area contributed by atoms with Crippen LogP contribution < -0.4 is 4.74 Å². The molecule has 1 N–H and O–H groups in total. The Morgan fingerprint density at radius 1 is 1.14 bits per heavy atom. The van der Waals surface area contributed by atoms with Crippen molar-refractivity contribution in [3.8, 4) is 11.5 Å². The third kappa shape index (κ3) is 4.61. The molecule has 1 unspecified atom stereocenters. The quantitative estimate of drug-likeness (QED) is 0.690. The molecule has 0 aromatic heterocycles. The van der Waals surface area contributed by atoms with Crippen LogP contribution in [0.2, 0.25) is 0 Å². The number of rotatable bonds is 6. The fraction of sp³-hybridized carbons (Fsp3) is 0.278. The Morgan fingerprint density at radius 2 is 1.79 bits per heavy atom. The number of carboxylic acids is 1. The third-order valence-electron chi connectivity index (χ3n) is 4.03. The molecule has 0 aliphatic carbocycles. The molecule has 0 heterocycles. The number of benzene rings is 2. The first-order valence-electron chi connectivity index (χ1n) is 8.01. The molecule has 5 nitrogen and oxygen atoms in total. The number of carbonyl (C=O) groups is 1. The van der Waals surface area contributed by atoms with Gasteiger partial charge < -0.3 is 9.84 Å². The summed E-state index contributed by atoms with van der Waals surface area (Å²) in [5.74, 6) is -4.87. The summed E-state index contributed by atoms with van der Waals surface area (Å²) in [6.07, 6.45) is -4.96. The predicted octanol–water partition coefficient (Wildman–Crippen LogP) is 4.62. The molecule has 2 aromatic carbocycles. The minimum absolute atomic E-state index is 0.0349. The molecule has 0 spiro atoms. The molecule has 0 saturated carbocycles. The van der Waals surface area contributed by atoms with Crippen LogP contribution in [0.1, 0.15) is 30.9 Å². The maximum atomic E-state index is 13.6. The summed E-state index contributed by atoms with van der Waals surface area (Å²) in [7, 11) is -3.90. The van der Waals surface area contributed by atoms with Gasteiger partial charge in [-0.1, -0.05) is 13.0 Å². The van der Waals surface area contributed by atoms with Crippen LogP contribution in [-0.2, 0) is 20.8 Å². The van der Waals surface area contributed by atoms with Gasteiger partial charge in [-0.15, -0.1) is 0 Å². The zero-order valence-corrected chi connectivity index (χ0v) is 15.6. The lowest BCUT2D eigenvalue weighted by molar-refractivity contribution is -0.139. The van der Waals surface area contributed by atoms with Gasteiger partial charge in [0.2, 0.25) is 0 Å². The van der Waals surface area contributed by atoms with Crippen LogP contribution in [0.5, 0.6) is 11.5 Å². The van der Waals surface area contributed by atoms with Gasteiger partial charge in [0.25, 0.3) is 0 Å². The van der Waals surface area contributed by atoms with Gasteiger partial charge in [-0.05, 0) is 31.2 Å². The maximum absolute atomic E-state index is 13.6. The highest BCUT2D eigenvalue weighted by atomic mass is 32.2. The Bertz CT molecular complexity index is 1000. The lowest BCUT2D eigenvalue weighted by atomic mass is 10.0. The van der Waals surface area contributed by atoms with Crippen molar-refractivity contribution < 1.29 is 40.6 Å². The Kier molecular flexibility index (Phi) is 6.03. The Morgan fingerprint density at radius 3 is 2.32 bits per heavy atom. The van der Waals surface area contributed by atoms with Gasteiger partial charge >= 0.3 is 12.1 Å². The molecular weight excluding hydrogens is 404 g/mol. The zero-order valence-electron chi connectivity index (χ0n) is 14.7. The van der Waals surface area contributed by atoms with E-state index in [1.165, 1.54) is 13.8 Å². The molecular formula is C18H16F4O5S. The summed E-state index contributed by atoms with van der Waals surface area (Å²) in [5, 5.41) is 9.14. The van der Waals surface area contributed by atoms with Crippen molar-refractivity contribution in [3.05, 3.63) is 53.3 Å². The second kappa shape index (κ2) is 7.78. The van der Waals surface area contributed by atoms with Crippen LogP contribution in [0, 0.1) is 5.82 Å². The molecule has 28 heavy (non-hydrogen) atoms. The summed E-state index contributed by atoms with van der Waals surface area (Å²) >= 11 is 0. The average molecular weight is 420 g/mol. The normalized spacial score (nSPS) is 13.2. The first-order chi connectivity index (χ1) is 12.9. The van der Waals surface area contributed by atoms with Crippen molar-refractivity contribution in [1.29, 1.82) is 0 Å². The van der Waals surface area contributed by atoms with E-state index in [-0.39, 0.29) is 5.56 Å². The number of ether oxygens (including phenoxy) is 1. The molecule has 0 amide bonds. The average Bonchev–Trinajstić information content (AvgIpc) is 2.60. The summed E-state index contributed by atoms with van der Waals surface area (Å²) in [5.41, 5.74) is -1.41. The maximum Gasteiger partial charge on any atom is 0.420 e. The second-order valence-electron chi connectivity index (χ2n) is 5.90. The molecule has 0 fully saturated rings. The van der Waals surface area contributed by atoms with Crippen LogP contribution in [0.3, 0.4) is 0 Å². The zero-order chi connectivity index (χ0) is 21.3. The number of aliphatic carboxylic acids is 1. The summed E-state index contributed by atoms with van der Waals surface area (Å²) in [4.78, 5) is 10.7. The van der Waals surface area contributed by atoms with E-state index in [1.807, 2.05) is 0 Å². The molecule has 0 saturated heterocycles. The predicted molar refractivity (Wildman–Crippen MR) is 91.7 cm³/mol. The van der Waals surface area contributed by atoms with Gasteiger partial charge in [0.1, 0.15) is 17.3 Å². The number of halogens is 4. The van der Waals surface area contributed by atoms with Gasteiger partial charge in [-0.3, -0.25) is 4.79 Å². The molecule has 0 bridgehead atoms. The molecule has 0 aliphatic rings. The van der Waals surface area contributed by atoms with Crippen LogP contribution in [0.4, 0.5) is 17.6 Å². The number of hydrogen-bond donors (Lipinski definition) is 1. The minimum Gasteiger partial charge on any atom is -0.481 e. The number of alkyl halides is 3. The second-order valence-corrected chi connectivity index (χ2v) is 8.18. The molecule has 10 heteroatoms. The highest BCUT2D eigenvalue weighted by molar-refractivity contribution is 7.91. The van der Waals surface area contributed by atoms with E-state index in [2.05, 4.69) is 0 Å². The van der Waals surface area contributed by atoms with Crippen molar-refractivity contribution in [3.63, 3.8) is 0 Å². The molecule has 0 aliphatic heterocycles. The largest absolute Gasteiger partial charge is 0.481 e. The minimum atomic E-state index is -4.96. The molecule has 0 radical (unpaired) electrons. The number of sulfone groups is 1. The third-order valence-corrected chi connectivity index (χ3v) is 5.76. The fourth-order valence-corrected chi connectivity index (χ4v) is 3.29. The molecule has 152 valence electrons. The lowest BCUT2D eigenvalue weighted by Crippen LogP contribution is -2.12.